The van der Waals surface area contributed by atoms with Gasteiger partial charge in [-0.2, -0.15) is 4.52 Å². The average molecular weight is 225 g/mol. The summed E-state index contributed by atoms with van der Waals surface area (Å²) in [6.07, 6.45) is 3.31. The van der Waals surface area contributed by atoms with Crippen molar-refractivity contribution in [2.75, 3.05) is 5.73 Å². The van der Waals surface area contributed by atoms with Gasteiger partial charge in [-0.25, -0.2) is 4.98 Å². The number of aryl methyl sites for hydroxylation is 1. The molecule has 0 radical (unpaired) electrons. The van der Waals surface area contributed by atoms with Crippen LogP contribution < -0.4 is 5.73 Å². The van der Waals surface area contributed by atoms with E-state index >= 15 is 0 Å². The van der Waals surface area contributed by atoms with Crippen LogP contribution in [0.4, 0.5) is 5.69 Å². The molecule has 0 aliphatic rings. The molecule has 0 spiro atoms. The molecule has 0 unspecified atom stereocenters. The Kier molecular flexibility index (Phi) is 2.04. The van der Waals surface area contributed by atoms with E-state index in [0.717, 1.165) is 11.3 Å². The Balaban J connectivity index is 2.21. The number of hydrogen-bond acceptors (Lipinski definition) is 4. The summed E-state index contributed by atoms with van der Waals surface area (Å²) in [5, 5.41) is 8.13. The Labute approximate surface area is 97.9 Å². The molecule has 0 fully saturated rings. The molecule has 2 heterocycles. The lowest BCUT2D eigenvalue weighted by atomic mass is 10.1. The van der Waals surface area contributed by atoms with Crippen molar-refractivity contribution < 1.29 is 0 Å². The predicted molar refractivity (Wildman–Crippen MR) is 65.4 cm³/mol. The van der Waals surface area contributed by atoms with Crippen LogP contribution in [-0.4, -0.2) is 19.8 Å². The molecule has 0 bridgehead atoms. The van der Waals surface area contributed by atoms with Gasteiger partial charge in [0.2, 0.25) is 0 Å². The first kappa shape index (κ1) is 9.77. The second-order valence-electron chi connectivity index (χ2n) is 3.96. The Bertz CT molecular complexity index is 669. The lowest BCUT2D eigenvalue weighted by Gasteiger charge is -1.98. The van der Waals surface area contributed by atoms with Gasteiger partial charge in [0.25, 0.3) is 0 Å². The predicted octanol–water partition coefficient (Wildman–Crippen LogP) is 1.68. The van der Waals surface area contributed by atoms with Crippen LogP contribution in [0.5, 0.6) is 0 Å². The van der Waals surface area contributed by atoms with Crippen molar-refractivity contribution in [3.63, 3.8) is 0 Å². The summed E-state index contributed by atoms with van der Waals surface area (Å²) in [5.74, 6) is 0. The number of anilines is 1. The molecule has 2 aromatic heterocycles. The van der Waals surface area contributed by atoms with Crippen LogP contribution in [0.2, 0.25) is 0 Å². The van der Waals surface area contributed by atoms with Crippen molar-refractivity contribution in [1.29, 1.82) is 0 Å². The summed E-state index contributed by atoms with van der Waals surface area (Å²) in [5.41, 5.74) is 9.90. The molecule has 2 N–H and O–H groups in total. The van der Waals surface area contributed by atoms with Crippen molar-refractivity contribution >= 4 is 11.3 Å². The Morgan fingerprint density at radius 2 is 1.94 bits per heavy atom. The molecule has 0 aliphatic heterocycles. The summed E-state index contributed by atoms with van der Waals surface area (Å²) in [6, 6.07) is 8.10. The molecule has 1 aromatic carbocycles. The quantitative estimate of drug-likeness (QED) is 0.684. The normalized spacial score (nSPS) is 10.9. The first-order chi connectivity index (χ1) is 8.24. The summed E-state index contributed by atoms with van der Waals surface area (Å²) in [6.45, 7) is 2.05. The molecule has 84 valence electrons. The van der Waals surface area contributed by atoms with Gasteiger partial charge in [0, 0.05) is 5.56 Å². The third-order valence-electron chi connectivity index (χ3n) is 2.60. The van der Waals surface area contributed by atoms with Crippen molar-refractivity contribution in [3.8, 4) is 11.3 Å². The molecule has 0 saturated carbocycles. The van der Waals surface area contributed by atoms with Crippen LogP contribution in [0, 0.1) is 6.92 Å². The highest BCUT2D eigenvalue weighted by atomic mass is 15.4. The van der Waals surface area contributed by atoms with Gasteiger partial charge in [-0.3, -0.25) is 0 Å². The van der Waals surface area contributed by atoms with Crippen molar-refractivity contribution in [2.45, 2.75) is 6.92 Å². The lowest BCUT2D eigenvalue weighted by Crippen LogP contribution is -1.94. The first-order valence-corrected chi connectivity index (χ1v) is 5.27. The number of aromatic nitrogens is 4. The minimum absolute atomic E-state index is 0.567. The zero-order valence-corrected chi connectivity index (χ0v) is 9.33. The molecule has 3 aromatic rings. The minimum atomic E-state index is 0.567. The fourth-order valence-electron chi connectivity index (χ4n) is 1.70. The van der Waals surface area contributed by atoms with Gasteiger partial charge in [-0.1, -0.05) is 35.0 Å². The molecular weight excluding hydrogens is 214 g/mol. The number of nitrogens with two attached hydrogens (primary N) is 1. The third-order valence-corrected chi connectivity index (χ3v) is 2.60. The van der Waals surface area contributed by atoms with Crippen LogP contribution in [0.3, 0.4) is 0 Å². The first-order valence-electron chi connectivity index (χ1n) is 5.27. The maximum atomic E-state index is 5.64. The van der Waals surface area contributed by atoms with Gasteiger partial charge in [0.1, 0.15) is 5.69 Å². The maximum absolute atomic E-state index is 5.64. The van der Waals surface area contributed by atoms with Gasteiger partial charge >= 0.3 is 0 Å². The molecule has 5 heteroatoms. The number of hydrogen-bond donors (Lipinski definition) is 1. The second-order valence-corrected chi connectivity index (χ2v) is 3.96. The Morgan fingerprint density at radius 3 is 2.71 bits per heavy atom. The Morgan fingerprint density at radius 1 is 1.18 bits per heavy atom. The summed E-state index contributed by atoms with van der Waals surface area (Å²) in [7, 11) is 0. The van der Waals surface area contributed by atoms with Crippen LogP contribution in [0.15, 0.2) is 36.7 Å². The molecule has 0 atom stereocenters. The largest absolute Gasteiger partial charge is 0.396 e. The monoisotopic (exact) mass is 225 g/mol. The molecule has 0 amide bonds. The highest BCUT2D eigenvalue weighted by molar-refractivity contribution is 5.73. The fourth-order valence-corrected chi connectivity index (χ4v) is 1.70. The standard InChI is InChI=1S/C12H11N5/c1-8-2-4-9(5-3-8)11-12-14-6-10(13)7-17(12)16-15-11/h2-7H,13H2,1H3. The topological polar surface area (TPSA) is 69.1 Å². The van der Waals surface area contributed by atoms with Crippen molar-refractivity contribution in [1.82, 2.24) is 19.8 Å². The van der Waals surface area contributed by atoms with Crippen molar-refractivity contribution in [3.05, 3.63) is 42.2 Å². The van der Waals surface area contributed by atoms with Gasteiger partial charge in [0.05, 0.1) is 18.1 Å². The van der Waals surface area contributed by atoms with E-state index in [9.17, 15) is 0 Å². The van der Waals surface area contributed by atoms with Crippen LogP contribution in [0.25, 0.3) is 16.9 Å². The van der Waals surface area contributed by atoms with Gasteiger partial charge in [-0.05, 0) is 6.92 Å². The third kappa shape index (κ3) is 1.61. The van der Waals surface area contributed by atoms with E-state index in [1.54, 1.807) is 16.9 Å². The minimum Gasteiger partial charge on any atom is -0.396 e. The van der Waals surface area contributed by atoms with Gasteiger partial charge < -0.3 is 5.73 Å². The summed E-state index contributed by atoms with van der Waals surface area (Å²) >= 11 is 0. The maximum Gasteiger partial charge on any atom is 0.183 e. The number of fused-ring (bicyclic) bond motifs is 1. The molecular formula is C12H11N5. The zero-order chi connectivity index (χ0) is 11.8. The highest BCUT2D eigenvalue weighted by Gasteiger charge is 2.09. The number of benzene rings is 1. The van der Waals surface area contributed by atoms with E-state index in [0.29, 0.717) is 11.3 Å². The van der Waals surface area contributed by atoms with Gasteiger partial charge in [-0.15, -0.1) is 5.10 Å². The van der Waals surface area contributed by atoms with Crippen molar-refractivity contribution in [2.24, 2.45) is 0 Å². The molecule has 0 saturated heterocycles. The molecule has 0 aliphatic carbocycles. The Hall–Kier alpha value is -2.43. The van der Waals surface area contributed by atoms with E-state index in [4.69, 9.17) is 5.73 Å². The van der Waals surface area contributed by atoms with Crippen LogP contribution in [0.1, 0.15) is 5.56 Å². The molecule has 3 rings (SSSR count). The highest BCUT2D eigenvalue weighted by Crippen LogP contribution is 2.21. The number of nitrogens with zero attached hydrogens (tertiary/aromatic N) is 4. The smallest absolute Gasteiger partial charge is 0.183 e. The van der Waals surface area contributed by atoms with Gasteiger partial charge in [0.15, 0.2) is 5.65 Å². The van der Waals surface area contributed by atoms with E-state index in [2.05, 4.69) is 15.3 Å². The van der Waals surface area contributed by atoms with Crippen LogP contribution >= 0.6 is 0 Å². The SMILES string of the molecule is Cc1ccc(-c2nnn3cc(N)cnc23)cc1. The van der Waals surface area contributed by atoms with E-state index in [-0.39, 0.29) is 0 Å². The molecule has 17 heavy (non-hydrogen) atoms. The van der Waals surface area contributed by atoms with E-state index in [1.165, 1.54) is 5.56 Å². The average Bonchev–Trinajstić information content (AvgIpc) is 2.73. The van der Waals surface area contributed by atoms with E-state index in [1.807, 2.05) is 31.2 Å². The number of nitrogen functional groups attached to an aromatic ring is 1. The zero-order valence-electron chi connectivity index (χ0n) is 9.33. The van der Waals surface area contributed by atoms with E-state index < -0.39 is 0 Å². The van der Waals surface area contributed by atoms with Crippen LogP contribution in [-0.2, 0) is 0 Å². The fraction of sp³-hybridized carbons (Fsp3) is 0.0833. The summed E-state index contributed by atoms with van der Waals surface area (Å²) in [4.78, 5) is 4.25. The number of rotatable bonds is 1. The summed E-state index contributed by atoms with van der Waals surface area (Å²) < 4.78 is 1.59. The second kappa shape index (κ2) is 3.55. The molecule has 5 nitrogen and oxygen atoms in total. The lowest BCUT2D eigenvalue weighted by molar-refractivity contribution is 0.849.